The highest BCUT2D eigenvalue weighted by Gasteiger charge is 2.20. The highest BCUT2D eigenvalue weighted by molar-refractivity contribution is 6.28. The van der Waals surface area contributed by atoms with Crippen molar-refractivity contribution in [1.29, 1.82) is 0 Å². The Balaban J connectivity index is 1.86. The van der Waals surface area contributed by atoms with Crippen molar-refractivity contribution in [2.24, 2.45) is 7.05 Å². The molecule has 0 spiro atoms. The van der Waals surface area contributed by atoms with E-state index in [4.69, 9.17) is 0 Å². The molecule has 0 unspecified atom stereocenters. The topological polar surface area (TPSA) is 8.29 Å². The summed E-state index contributed by atoms with van der Waals surface area (Å²) in [5, 5.41) is 11.8. The lowest BCUT2D eigenvalue weighted by Crippen LogP contribution is -2.26. The molecule has 146 valence electrons. The van der Waals surface area contributed by atoms with Gasteiger partial charge in [0, 0.05) is 10.8 Å². The Bertz CT molecular complexity index is 1850. The summed E-state index contributed by atoms with van der Waals surface area (Å²) in [5.74, 6) is 0. The third-order valence-electron chi connectivity index (χ3n) is 6.91. The van der Waals surface area contributed by atoms with Crippen LogP contribution in [0.3, 0.4) is 0 Å². The SMILES string of the molecule is Cc1cccc2c3cc4c5ccccc5c5ccccc5c4cc3n3cc[n+](C)c3c12. The van der Waals surface area contributed by atoms with Gasteiger partial charge in [-0.1, -0.05) is 66.7 Å². The third-order valence-corrected chi connectivity index (χ3v) is 6.91. The van der Waals surface area contributed by atoms with E-state index in [9.17, 15) is 0 Å². The van der Waals surface area contributed by atoms with E-state index in [1.54, 1.807) is 0 Å². The van der Waals surface area contributed by atoms with Crippen LogP contribution in [0.5, 0.6) is 0 Å². The van der Waals surface area contributed by atoms with Crippen molar-refractivity contribution in [2.75, 3.05) is 0 Å². The van der Waals surface area contributed by atoms with Crippen molar-refractivity contribution in [3.05, 3.63) is 96.8 Å². The average molecular weight is 398 g/mol. The molecule has 0 fully saturated rings. The van der Waals surface area contributed by atoms with Gasteiger partial charge in [-0.2, -0.15) is 4.40 Å². The normalized spacial score (nSPS) is 12.2. The van der Waals surface area contributed by atoms with Crippen LogP contribution in [0.1, 0.15) is 5.56 Å². The van der Waals surface area contributed by atoms with E-state index in [1.165, 1.54) is 65.2 Å². The quantitative estimate of drug-likeness (QED) is 0.150. The van der Waals surface area contributed by atoms with E-state index in [0.29, 0.717) is 0 Å². The molecule has 0 aliphatic rings. The zero-order valence-electron chi connectivity index (χ0n) is 17.6. The van der Waals surface area contributed by atoms with Crippen molar-refractivity contribution in [2.45, 2.75) is 6.92 Å². The minimum atomic E-state index is 1.24. The molecule has 0 amide bonds. The zero-order chi connectivity index (χ0) is 20.7. The van der Waals surface area contributed by atoms with Crippen LogP contribution in [0, 0.1) is 6.92 Å². The molecule has 0 N–H and O–H groups in total. The molecule has 0 aliphatic heterocycles. The second kappa shape index (κ2) is 5.83. The highest BCUT2D eigenvalue weighted by Crippen LogP contribution is 2.39. The maximum atomic E-state index is 2.42. The maximum Gasteiger partial charge on any atom is 0.294 e. The van der Waals surface area contributed by atoms with E-state index in [0.717, 1.165) is 0 Å². The lowest BCUT2D eigenvalue weighted by molar-refractivity contribution is -0.643. The Morgan fingerprint density at radius 1 is 0.613 bits per heavy atom. The molecule has 5 aromatic carbocycles. The Kier molecular flexibility index (Phi) is 3.17. The first-order valence-electron chi connectivity index (χ1n) is 10.8. The van der Waals surface area contributed by atoms with Crippen LogP contribution in [-0.2, 0) is 7.05 Å². The smallest absolute Gasteiger partial charge is 0.232 e. The number of benzene rings is 5. The number of rotatable bonds is 0. The van der Waals surface area contributed by atoms with Crippen LogP contribution in [0.15, 0.2) is 91.3 Å². The monoisotopic (exact) mass is 397 g/mol. The number of aryl methyl sites for hydroxylation is 2. The van der Waals surface area contributed by atoms with Crippen LogP contribution in [0.25, 0.3) is 59.6 Å². The van der Waals surface area contributed by atoms with Gasteiger partial charge < -0.3 is 0 Å². The molecule has 0 aliphatic carbocycles. The fourth-order valence-corrected chi connectivity index (χ4v) is 5.51. The summed E-state index contributed by atoms with van der Waals surface area (Å²) < 4.78 is 4.59. The number of hydrogen-bond acceptors (Lipinski definition) is 0. The summed E-state index contributed by atoms with van der Waals surface area (Å²) in [4.78, 5) is 0. The number of fused-ring (bicyclic) bond motifs is 12. The van der Waals surface area contributed by atoms with Crippen molar-refractivity contribution >= 4 is 59.6 Å². The van der Waals surface area contributed by atoms with Gasteiger partial charge in [-0.15, -0.1) is 0 Å². The summed E-state index contributed by atoms with van der Waals surface area (Å²) in [6.45, 7) is 2.21. The molecular weight excluding hydrogens is 376 g/mol. The lowest BCUT2D eigenvalue weighted by Gasteiger charge is -2.13. The van der Waals surface area contributed by atoms with Gasteiger partial charge >= 0.3 is 0 Å². The zero-order valence-corrected chi connectivity index (χ0v) is 17.6. The van der Waals surface area contributed by atoms with Gasteiger partial charge in [0.15, 0.2) is 0 Å². The number of imidazole rings is 1. The molecule has 0 radical (unpaired) electrons. The molecule has 0 bridgehead atoms. The molecule has 2 heteroatoms. The van der Waals surface area contributed by atoms with Gasteiger partial charge in [0.2, 0.25) is 0 Å². The van der Waals surface area contributed by atoms with Gasteiger partial charge in [0.25, 0.3) is 5.65 Å². The highest BCUT2D eigenvalue weighted by atomic mass is 15.1. The number of aromatic nitrogens is 2. The third kappa shape index (κ3) is 2.09. The Morgan fingerprint density at radius 2 is 1.19 bits per heavy atom. The van der Waals surface area contributed by atoms with Gasteiger partial charge in [-0.3, -0.25) is 0 Å². The molecule has 7 aromatic rings. The molecule has 2 aromatic heterocycles. The first kappa shape index (κ1) is 16.8. The van der Waals surface area contributed by atoms with E-state index in [2.05, 4.69) is 114 Å². The van der Waals surface area contributed by atoms with Gasteiger partial charge in [0.05, 0.1) is 12.4 Å². The largest absolute Gasteiger partial charge is 0.294 e. The minimum absolute atomic E-state index is 1.24. The van der Waals surface area contributed by atoms with Crippen LogP contribution >= 0.6 is 0 Å². The van der Waals surface area contributed by atoms with Crippen LogP contribution in [-0.4, -0.2) is 4.40 Å². The molecule has 31 heavy (non-hydrogen) atoms. The average Bonchev–Trinajstić information content (AvgIpc) is 3.20. The fraction of sp³-hybridized carbons (Fsp3) is 0.0690. The van der Waals surface area contributed by atoms with E-state index in [1.807, 2.05) is 0 Å². The number of nitrogens with zero attached hydrogens (tertiary/aromatic N) is 2. The molecule has 2 heterocycles. The Labute approximate surface area is 179 Å². The van der Waals surface area contributed by atoms with Crippen molar-refractivity contribution in [3.63, 3.8) is 0 Å². The summed E-state index contributed by atoms with van der Waals surface area (Å²) in [7, 11) is 2.14. The second-order valence-electron chi connectivity index (χ2n) is 8.61. The molecule has 0 saturated carbocycles. The summed E-state index contributed by atoms with van der Waals surface area (Å²) in [5.41, 5.74) is 3.80. The van der Waals surface area contributed by atoms with Gasteiger partial charge in [0.1, 0.15) is 17.9 Å². The molecule has 0 saturated heterocycles. The van der Waals surface area contributed by atoms with Crippen molar-refractivity contribution < 1.29 is 4.57 Å². The van der Waals surface area contributed by atoms with Crippen LogP contribution in [0.4, 0.5) is 0 Å². The van der Waals surface area contributed by atoms with Gasteiger partial charge in [-0.25, -0.2) is 4.57 Å². The van der Waals surface area contributed by atoms with E-state index < -0.39 is 0 Å². The predicted molar refractivity (Wildman–Crippen MR) is 131 cm³/mol. The Hall–Kier alpha value is -3.91. The second-order valence-corrected chi connectivity index (χ2v) is 8.61. The van der Waals surface area contributed by atoms with Crippen LogP contribution < -0.4 is 4.57 Å². The first-order chi connectivity index (χ1) is 15.2. The molecular formula is C29H21N2+. The number of pyridine rings is 1. The lowest BCUT2D eigenvalue weighted by atomic mass is 9.92. The summed E-state index contributed by atoms with van der Waals surface area (Å²) in [6, 6.07) is 29.1. The van der Waals surface area contributed by atoms with Crippen molar-refractivity contribution in [3.8, 4) is 0 Å². The van der Waals surface area contributed by atoms with Crippen LogP contribution in [0.2, 0.25) is 0 Å². The van der Waals surface area contributed by atoms with E-state index >= 15 is 0 Å². The number of hydrogen-bond donors (Lipinski definition) is 0. The predicted octanol–water partition coefficient (Wildman–Crippen LogP) is 6.84. The summed E-state index contributed by atoms with van der Waals surface area (Å²) in [6.07, 6.45) is 4.35. The van der Waals surface area contributed by atoms with E-state index in [-0.39, 0.29) is 0 Å². The summed E-state index contributed by atoms with van der Waals surface area (Å²) >= 11 is 0. The maximum absolute atomic E-state index is 2.42. The Morgan fingerprint density at radius 3 is 1.87 bits per heavy atom. The fourth-order valence-electron chi connectivity index (χ4n) is 5.51. The first-order valence-corrected chi connectivity index (χ1v) is 10.8. The van der Waals surface area contributed by atoms with Gasteiger partial charge in [-0.05, 0) is 56.9 Å². The standard InChI is InChI=1S/C29H21N2/c1-18-8-7-13-23-26-16-24-21-11-5-3-9-19(21)20-10-4-6-12-22(20)25(24)17-27(26)31-15-14-30(2)29(31)28(18)23/h3-17H,1-2H3/q+1. The molecule has 0 atom stereocenters. The molecule has 2 nitrogen and oxygen atoms in total. The van der Waals surface area contributed by atoms with Crippen molar-refractivity contribution in [1.82, 2.24) is 4.40 Å². The molecule has 7 rings (SSSR count). The minimum Gasteiger partial charge on any atom is -0.232 e.